The number of aliphatic hydroxyl groups is 1. The van der Waals surface area contributed by atoms with Crippen LogP contribution >= 0.6 is 46.4 Å². The minimum atomic E-state index is -2.71. The molecule has 5 aliphatic heterocycles. The number of aliphatic hydroxyl groups excluding tert-OH is 1. The van der Waals surface area contributed by atoms with E-state index in [-0.39, 0.29) is 46.2 Å². The molecule has 0 saturated carbocycles. The summed E-state index contributed by atoms with van der Waals surface area (Å²) in [4.78, 5) is 69.7. The van der Waals surface area contributed by atoms with E-state index in [1.165, 1.54) is 6.92 Å². The molecule has 10 rings (SSSR count). The van der Waals surface area contributed by atoms with Gasteiger partial charge in [0.05, 0.1) is 51.2 Å². The fourth-order valence-electron chi connectivity index (χ4n) is 13.1. The molecule has 29 heteroatoms. The van der Waals surface area contributed by atoms with Gasteiger partial charge in [0.25, 0.3) is 9.70 Å². The van der Waals surface area contributed by atoms with Gasteiger partial charge < -0.3 is 96.3 Å². The van der Waals surface area contributed by atoms with E-state index in [2.05, 4.69) is 10.6 Å². The molecule has 5 aromatic rings. The highest BCUT2D eigenvalue weighted by Crippen LogP contribution is 2.43. The molecule has 21 atom stereocenters. The van der Waals surface area contributed by atoms with E-state index in [4.69, 9.17) is 127 Å². The maximum Gasteiger partial charge on any atom is 0.311 e. The first-order valence-corrected chi connectivity index (χ1v) is 37.6. The molecule has 5 heterocycles. The normalized spacial score (nSPS) is 30.3. The zero-order chi connectivity index (χ0) is 76.2. The number of carbonyl (C=O) groups is 5. The van der Waals surface area contributed by atoms with Crippen LogP contribution in [0.2, 0.25) is 0 Å². The number of carbonyl (C=O) groups excluding carboxylic acids is 5. The van der Waals surface area contributed by atoms with Gasteiger partial charge in [-0.2, -0.15) is 0 Å². The van der Waals surface area contributed by atoms with Crippen LogP contribution in [-0.2, 0) is 131 Å². The average molecular weight is 1570 g/mol. The number of alkyl halides is 4. The Morgan fingerprint density at radius 1 is 0.505 bits per heavy atom. The van der Waals surface area contributed by atoms with Gasteiger partial charge in [0.1, 0.15) is 85.8 Å². The summed E-state index contributed by atoms with van der Waals surface area (Å²) in [5.41, 5.74) is 2.74. The van der Waals surface area contributed by atoms with Crippen molar-refractivity contribution in [3.05, 3.63) is 179 Å². The van der Waals surface area contributed by atoms with Crippen molar-refractivity contribution in [1.82, 2.24) is 10.6 Å². The SMILES string of the molecule is CC(=O)N[C@H]1[C@H](OCCCCCCCl)O[C@H](COCc2ccccc2)[C@@H](O[C@@H]2O[C@H](COC(=O)C(C)(C)C)[C@H](OC(C)=O)[C@H](O[C@@H]3O[C@@H]4COC(c5ccccc5)O[C@H]4[C@H](O[C@@H]4O[C@@H](C)[C@@H](OCc5ccccc5)[C@@H](OCc5ccccc5)[C@@H]4OCc4ccccc4)[C@H]3NC(=O)C(Cl)(Cl)Cl)[C@H]2OC(C)=O)[C@@H]1O. The van der Waals surface area contributed by atoms with Crippen molar-refractivity contribution in [2.45, 2.75) is 233 Å². The average Bonchev–Trinajstić information content (AvgIpc) is 0.752. The van der Waals surface area contributed by atoms with E-state index in [0.717, 1.165) is 55.4 Å². The van der Waals surface area contributed by atoms with Gasteiger partial charge in [0.2, 0.25) is 5.91 Å². The lowest BCUT2D eigenvalue weighted by atomic mass is 9.93. The summed E-state index contributed by atoms with van der Waals surface area (Å²) in [5.74, 6) is -3.91. The van der Waals surface area contributed by atoms with Gasteiger partial charge >= 0.3 is 17.9 Å². The molecule has 1 unspecified atom stereocenters. The van der Waals surface area contributed by atoms with Gasteiger partial charge in [-0.15, -0.1) is 11.6 Å². The number of ether oxygens (including phenoxy) is 17. The predicted octanol–water partition coefficient (Wildman–Crippen LogP) is 10.1. The van der Waals surface area contributed by atoms with Crippen LogP contribution in [-0.4, -0.2) is 194 Å². The van der Waals surface area contributed by atoms with Crippen molar-refractivity contribution >= 4 is 76.1 Å². The Bertz CT molecular complexity index is 3560. The molecule has 584 valence electrons. The molecule has 5 fully saturated rings. The number of unbranched alkanes of at least 4 members (excludes halogenated alkanes) is 3. The fraction of sp³-hybridized carbons (Fsp3) is 0.551. The second-order valence-electron chi connectivity index (χ2n) is 27.8. The summed E-state index contributed by atoms with van der Waals surface area (Å²) in [6, 6.07) is 43.7. The number of fused-ring (bicyclic) bond motifs is 1. The molecule has 2 amide bonds. The lowest BCUT2D eigenvalue weighted by molar-refractivity contribution is -0.398. The Kier molecular flexibility index (Phi) is 31.4. The smallest absolute Gasteiger partial charge is 0.311 e. The minimum absolute atomic E-state index is 0.00304. The van der Waals surface area contributed by atoms with Crippen molar-refractivity contribution in [1.29, 1.82) is 0 Å². The molecule has 0 aliphatic carbocycles. The van der Waals surface area contributed by atoms with E-state index in [9.17, 15) is 29.1 Å². The van der Waals surface area contributed by atoms with Crippen molar-refractivity contribution in [3.8, 4) is 0 Å². The first kappa shape index (κ1) is 83.5. The van der Waals surface area contributed by atoms with Crippen LogP contribution in [0.5, 0.6) is 0 Å². The topological polar surface area (TPSA) is 287 Å². The Labute approximate surface area is 643 Å². The monoisotopic (exact) mass is 1570 g/mol. The van der Waals surface area contributed by atoms with Crippen LogP contribution < -0.4 is 10.6 Å². The zero-order valence-electron chi connectivity index (χ0n) is 60.7. The van der Waals surface area contributed by atoms with Crippen LogP contribution in [0.4, 0.5) is 0 Å². The highest BCUT2D eigenvalue weighted by atomic mass is 35.6. The second-order valence-corrected chi connectivity index (χ2v) is 30.4. The molecule has 0 spiro atoms. The molecular weight excluding hydrogens is 1470 g/mol. The van der Waals surface area contributed by atoms with E-state index >= 15 is 0 Å². The number of halogens is 4. The Morgan fingerprint density at radius 2 is 1.01 bits per heavy atom. The van der Waals surface area contributed by atoms with Crippen LogP contribution in [0, 0.1) is 5.41 Å². The molecular formula is C78H96Cl4N2O23. The van der Waals surface area contributed by atoms with Crippen LogP contribution in [0.15, 0.2) is 152 Å². The molecule has 0 aromatic heterocycles. The third-order valence-corrected chi connectivity index (χ3v) is 19.1. The van der Waals surface area contributed by atoms with Gasteiger partial charge in [-0.3, -0.25) is 24.0 Å². The maximum atomic E-state index is 14.8. The molecule has 5 saturated heterocycles. The number of benzene rings is 5. The molecule has 0 bridgehead atoms. The number of nitrogens with one attached hydrogen (secondary N) is 2. The van der Waals surface area contributed by atoms with Gasteiger partial charge in [-0.05, 0) is 62.8 Å². The van der Waals surface area contributed by atoms with Crippen molar-refractivity contribution in [2.75, 3.05) is 32.3 Å². The molecule has 107 heavy (non-hydrogen) atoms. The largest absolute Gasteiger partial charge is 0.462 e. The van der Waals surface area contributed by atoms with Crippen LogP contribution in [0.1, 0.15) is 108 Å². The third kappa shape index (κ3) is 23.8. The summed E-state index contributed by atoms with van der Waals surface area (Å²) in [6.45, 7) is 9.31. The van der Waals surface area contributed by atoms with Gasteiger partial charge in [0.15, 0.2) is 43.7 Å². The molecule has 0 radical (unpaired) electrons. The van der Waals surface area contributed by atoms with Gasteiger partial charge in [-0.1, -0.05) is 199 Å². The highest BCUT2D eigenvalue weighted by Gasteiger charge is 2.61. The summed E-state index contributed by atoms with van der Waals surface area (Å²) in [5, 5.41) is 18.4. The van der Waals surface area contributed by atoms with E-state index < -0.39 is 175 Å². The fourth-order valence-corrected chi connectivity index (χ4v) is 13.5. The van der Waals surface area contributed by atoms with Crippen molar-refractivity contribution in [2.24, 2.45) is 5.41 Å². The quantitative estimate of drug-likeness (QED) is 0.0152. The van der Waals surface area contributed by atoms with Gasteiger partial charge in [-0.25, -0.2) is 0 Å². The Hall–Kier alpha value is -5.99. The van der Waals surface area contributed by atoms with Crippen LogP contribution in [0.3, 0.4) is 0 Å². The molecule has 3 N–H and O–H groups in total. The Balaban J connectivity index is 1.09. The summed E-state index contributed by atoms with van der Waals surface area (Å²) in [7, 11) is 0. The number of hydrogen-bond acceptors (Lipinski definition) is 23. The number of rotatable bonds is 33. The van der Waals surface area contributed by atoms with Gasteiger partial charge in [0, 0.05) is 38.8 Å². The number of esters is 3. The van der Waals surface area contributed by atoms with E-state index in [1.807, 2.05) is 127 Å². The first-order valence-electron chi connectivity index (χ1n) is 35.9. The third-order valence-electron chi connectivity index (χ3n) is 18.4. The predicted molar refractivity (Wildman–Crippen MR) is 389 cm³/mol. The molecule has 5 aromatic carbocycles. The summed E-state index contributed by atoms with van der Waals surface area (Å²) >= 11 is 25.6. The number of amides is 2. The van der Waals surface area contributed by atoms with Crippen molar-refractivity contribution in [3.63, 3.8) is 0 Å². The Morgan fingerprint density at radius 3 is 1.57 bits per heavy atom. The second kappa shape index (κ2) is 40.3. The highest BCUT2D eigenvalue weighted by molar-refractivity contribution is 6.76. The lowest BCUT2D eigenvalue weighted by Gasteiger charge is -2.53. The molecule has 25 nitrogen and oxygen atoms in total. The van der Waals surface area contributed by atoms with Crippen LogP contribution in [0.25, 0.3) is 0 Å². The standard InChI is InChI=1S/C78H96Cl4N2O23/c1-46-61(93-40-51-29-17-11-18-30-51)66(94-41-52-31-19-12-20-32-52)68(95-42-53-33-21-13-22-34-53)73(98-46)106-65-59(84-75(89)78(80,81)82)72(102-56-44-96-70(105-63(56)65)54-35-23-14-24-36-54)107-67-64(99-48(3)86)57(45-97-76(90)77(5,6)7)103-74(69(67)100-49(4)87)104-62-55(43-91-39-50-27-15-10-16-28-50)101-71(58(60(62)88)83-47(2)85)92-38-26-9-8-25-37-79/h10-24,27-36,46,55-74,88H,8-9,25-26,37-45H2,1-7H3,(H,83,85)(H,84,89)/t46-,55+,56+,57+,58+,59+,60+,61+,62+,63+,64-,65+,66+,67-,68-,69+,70?,71+,72-,73-,74-/m0/s1. The zero-order valence-corrected chi connectivity index (χ0v) is 63.7. The summed E-state index contributed by atoms with van der Waals surface area (Å²) in [6.07, 6.45) is -24.5. The lowest BCUT2D eigenvalue weighted by Crippen LogP contribution is -2.72. The van der Waals surface area contributed by atoms with Crippen molar-refractivity contribution < 1.29 is 110 Å². The van der Waals surface area contributed by atoms with E-state index in [1.54, 1.807) is 52.0 Å². The molecule has 5 aliphatic rings. The maximum absolute atomic E-state index is 14.8. The first-order chi connectivity index (χ1) is 51.4. The van der Waals surface area contributed by atoms with E-state index in [0.29, 0.717) is 17.9 Å². The summed E-state index contributed by atoms with van der Waals surface area (Å²) < 4.78 is 112. The minimum Gasteiger partial charge on any atom is -0.462 e. The number of hydrogen-bond donors (Lipinski definition) is 3.